The molecule has 6 nitrogen and oxygen atoms in total. The zero-order chi connectivity index (χ0) is 17.3. The number of hydrogen-bond donors (Lipinski definition) is 3. The van der Waals surface area contributed by atoms with Gasteiger partial charge in [-0.15, -0.1) is 0 Å². The fourth-order valence-corrected chi connectivity index (χ4v) is 3.09. The van der Waals surface area contributed by atoms with Crippen molar-refractivity contribution in [2.45, 2.75) is 12.3 Å². The molecular formula is C15H13ClN4O2S2. The van der Waals surface area contributed by atoms with Gasteiger partial charge in [0.1, 0.15) is 17.6 Å². The van der Waals surface area contributed by atoms with Crippen LogP contribution in [-0.2, 0) is 11.2 Å². The zero-order valence-corrected chi connectivity index (χ0v) is 14.8. The van der Waals surface area contributed by atoms with Crippen LogP contribution < -0.4 is 0 Å². The van der Waals surface area contributed by atoms with E-state index in [1.165, 1.54) is 10.2 Å². The van der Waals surface area contributed by atoms with Gasteiger partial charge >= 0.3 is 5.97 Å². The van der Waals surface area contributed by atoms with Crippen molar-refractivity contribution in [3.05, 3.63) is 70.8 Å². The predicted octanol–water partition coefficient (Wildman–Crippen LogP) is 2.93. The van der Waals surface area contributed by atoms with Gasteiger partial charge in [0.05, 0.1) is 0 Å². The smallest absolute Gasteiger partial charge is 0.318 e. The Kier molecular flexibility index (Phi) is 4.88. The minimum absolute atomic E-state index is 0.320. The van der Waals surface area contributed by atoms with Crippen molar-refractivity contribution >= 4 is 43.2 Å². The molecule has 9 heteroatoms. The van der Waals surface area contributed by atoms with Crippen molar-refractivity contribution in [2.24, 2.45) is 0 Å². The Labute approximate surface area is 154 Å². The third kappa shape index (κ3) is 3.31. The van der Waals surface area contributed by atoms with Crippen LogP contribution in [0.2, 0.25) is 5.02 Å². The number of carbonyl (C=O) groups is 1. The molecule has 2 heterocycles. The maximum atomic E-state index is 11.7. The van der Waals surface area contributed by atoms with E-state index >= 15 is 0 Å². The van der Waals surface area contributed by atoms with Crippen LogP contribution in [0.5, 0.6) is 0 Å². The van der Waals surface area contributed by atoms with Crippen LogP contribution in [0.3, 0.4) is 0 Å². The van der Waals surface area contributed by atoms with Gasteiger partial charge in [0.15, 0.2) is 0 Å². The van der Waals surface area contributed by atoms with E-state index < -0.39 is 11.9 Å². The van der Waals surface area contributed by atoms with Crippen molar-refractivity contribution < 1.29 is 9.90 Å². The molecule has 0 aliphatic rings. The van der Waals surface area contributed by atoms with Crippen molar-refractivity contribution in [2.75, 3.05) is 0 Å². The second kappa shape index (κ2) is 6.92. The first-order valence-corrected chi connectivity index (χ1v) is 8.10. The second-order valence-corrected chi connectivity index (χ2v) is 6.39. The van der Waals surface area contributed by atoms with Crippen molar-refractivity contribution in [3.8, 4) is 0 Å². The van der Waals surface area contributed by atoms with Gasteiger partial charge in [-0.25, -0.2) is 9.97 Å². The highest BCUT2D eigenvalue weighted by atomic mass is 35.5. The van der Waals surface area contributed by atoms with Crippen LogP contribution in [0.25, 0.3) is 0 Å². The van der Waals surface area contributed by atoms with Crippen LogP contribution in [0.15, 0.2) is 43.0 Å². The SMILES string of the molecule is O=C(O)C(c1ccc(Cc2nccn2S)c(Cl)c1)c1nccn1S. The molecule has 2 aromatic heterocycles. The third-order valence-electron chi connectivity index (χ3n) is 3.61. The number of halogens is 1. The lowest BCUT2D eigenvalue weighted by atomic mass is 9.96. The molecule has 1 unspecified atom stereocenters. The summed E-state index contributed by atoms with van der Waals surface area (Å²) >= 11 is 14.8. The summed E-state index contributed by atoms with van der Waals surface area (Å²) in [6.45, 7) is 0. The number of rotatable bonds is 5. The lowest BCUT2D eigenvalue weighted by Crippen LogP contribution is -2.16. The fourth-order valence-electron chi connectivity index (χ4n) is 2.43. The number of carboxylic acid groups (broad SMARTS) is 1. The van der Waals surface area contributed by atoms with Crippen molar-refractivity contribution in [1.29, 1.82) is 0 Å². The Morgan fingerprint density at radius 3 is 2.46 bits per heavy atom. The Morgan fingerprint density at radius 2 is 1.92 bits per heavy atom. The molecule has 1 N–H and O–H groups in total. The highest BCUT2D eigenvalue weighted by Gasteiger charge is 2.27. The van der Waals surface area contributed by atoms with Crippen LogP contribution >= 0.6 is 37.2 Å². The van der Waals surface area contributed by atoms with E-state index in [1.807, 2.05) is 0 Å². The monoisotopic (exact) mass is 380 g/mol. The van der Waals surface area contributed by atoms with Gasteiger partial charge in [-0.2, -0.15) is 0 Å². The lowest BCUT2D eigenvalue weighted by molar-refractivity contribution is -0.137. The number of thiol groups is 2. The maximum Gasteiger partial charge on any atom is 0.318 e. The number of carboxylic acids is 1. The largest absolute Gasteiger partial charge is 0.480 e. The Hall–Kier alpha value is -1.90. The minimum Gasteiger partial charge on any atom is -0.480 e. The van der Waals surface area contributed by atoms with Gasteiger partial charge in [0, 0.05) is 36.2 Å². The van der Waals surface area contributed by atoms with Crippen molar-refractivity contribution in [1.82, 2.24) is 17.9 Å². The normalized spacial score (nSPS) is 12.3. The summed E-state index contributed by atoms with van der Waals surface area (Å²) < 4.78 is 3.00. The van der Waals surface area contributed by atoms with E-state index in [9.17, 15) is 9.90 Å². The lowest BCUT2D eigenvalue weighted by Gasteiger charge is -2.14. The standard InChI is InChI=1S/C15H13ClN4O2S2/c16-11-7-10(13(15(21)22)14-18-4-6-20(14)24)2-1-9(11)8-12-17-3-5-19(12)23/h1-7,13,23-24H,8H2,(H,21,22). The Bertz CT molecular complexity index is 893. The summed E-state index contributed by atoms with van der Waals surface area (Å²) in [5, 5.41) is 10.0. The molecule has 1 atom stereocenters. The number of benzene rings is 1. The van der Waals surface area contributed by atoms with Gasteiger partial charge in [0.25, 0.3) is 0 Å². The molecule has 0 radical (unpaired) electrons. The molecular weight excluding hydrogens is 368 g/mol. The molecule has 24 heavy (non-hydrogen) atoms. The molecule has 0 fully saturated rings. The van der Waals surface area contributed by atoms with Gasteiger partial charge in [-0.3, -0.25) is 12.7 Å². The number of aliphatic carboxylic acids is 1. The van der Waals surface area contributed by atoms with E-state index in [2.05, 4.69) is 35.6 Å². The highest BCUT2D eigenvalue weighted by molar-refractivity contribution is 7.78. The van der Waals surface area contributed by atoms with Gasteiger partial charge in [-0.05, 0) is 17.2 Å². The van der Waals surface area contributed by atoms with Crippen LogP contribution in [0, 0.1) is 0 Å². The predicted molar refractivity (Wildman–Crippen MR) is 97.0 cm³/mol. The van der Waals surface area contributed by atoms with Crippen LogP contribution in [0.1, 0.15) is 28.7 Å². The summed E-state index contributed by atoms with van der Waals surface area (Å²) in [6.07, 6.45) is 6.96. The molecule has 0 saturated carbocycles. The number of hydrogen-bond acceptors (Lipinski definition) is 5. The van der Waals surface area contributed by atoms with Gasteiger partial charge < -0.3 is 5.11 Å². The van der Waals surface area contributed by atoms with Crippen LogP contribution in [-0.4, -0.2) is 29.0 Å². The second-order valence-electron chi connectivity index (χ2n) is 5.12. The molecule has 3 rings (SSSR count). The Balaban J connectivity index is 1.94. The van der Waals surface area contributed by atoms with E-state index in [0.717, 1.165) is 11.4 Å². The van der Waals surface area contributed by atoms with Gasteiger partial charge in [-0.1, -0.05) is 49.4 Å². The highest BCUT2D eigenvalue weighted by Crippen LogP contribution is 2.29. The first-order chi connectivity index (χ1) is 11.5. The quantitative estimate of drug-likeness (QED) is 0.595. The summed E-state index contributed by atoms with van der Waals surface area (Å²) in [7, 11) is 0. The zero-order valence-electron chi connectivity index (χ0n) is 12.2. The maximum absolute atomic E-state index is 11.7. The number of nitrogens with zero attached hydrogens (tertiary/aromatic N) is 4. The Morgan fingerprint density at radius 1 is 1.21 bits per heavy atom. The summed E-state index contributed by atoms with van der Waals surface area (Å²) in [6, 6.07) is 5.17. The van der Waals surface area contributed by atoms with Crippen molar-refractivity contribution in [3.63, 3.8) is 0 Å². The summed E-state index contributed by atoms with van der Waals surface area (Å²) in [5.41, 5.74) is 1.37. The first-order valence-electron chi connectivity index (χ1n) is 6.92. The molecule has 124 valence electrons. The third-order valence-corrected chi connectivity index (χ3v) is 4.66. The number of imidazole rings is 2. The minimum atomic E-state index is -1.02. The van der Waals surface area contributed by atoms with E-state index in [4.69, 9.17) is 11.6 Å². The average molecular weight is 381 g/mol. The van der Waals surface area contributed by atoms with E-state index in [1.54, 1.807) is 40.8 Å². The molecule has 0 amide bonds. The molecule has 0 saturated heterocycles. The average Bonchev–Trinajstić information content (AvgIpc) is 3.11. The molecule has 1 aromatic carbocycles. The van der Waals surface area contributed by atoms with Crippen LogP contribution in [0.4, 0.5) is 0 Å². The molecule has 0 aliphatic heterocycles. The molecule has 0 bridgehead atoms. The van der Waals surface area contributed by atoms with E-state index in [-0.39, 0.29) is 0 Å². The summed E-state index contributed by atoms with van der Waals surface area (Å²) in [4.78, 5) is 20.0. The first kappa shape index (κ1) is 16.9. The molecule has 0 aliphatic carbocycles. The van der Waals surface area contributed by atoms with Gasteiger partial charge in [0.2, 0.25) is 0 Å². The molecule has 0 spiro atoms. The fraction of sp³-hybridized carbons (Fsp3) is 0.133. The summed E-state index contributed by atoms with van der Waals surface area (Å²) in [5.74, 6) is -0.906. The van der Waals surface area contributed by atoms with E-state index in [0.29, 0.717) is 22.8 Å². The molecule has 3 aromatic rings. The topological polar surface area (TPSA) is 72.9 Å². The number of aromatic nitrogens is 4.